The summed E-state index contributed by atoms with van der Waals surface area (Å²) in [5.41, 5.74) is 0.693. The normalized spacial score (nSPS) is 11.5. The van der Waals surface area contributed by atoms with E-state index in [-0.39, 0.29) is 4.21 Å². The summed E-state index contributed by atoms with van der Waals surface area (Å²) in [5.74, 6) is 1.19. The molecule has 0 unspecified atom stereocenters. The number of nitrogens with zero attached hydrogens (tertiary/aromatic N) is 1. The first-order chi connectivity index (χ1) is 10.6. The summed E-state index contributed by atoms with van der Waals surface area (Å²) in [6.45, 7) is 2.37. The number of ether oxygens (including phenoxy) is 2. The average molecular weight is 340 g/mol. The Kier molecular flexibility index (Phi) is 5.40. The number of hydrogen-bond donors (Lipinski definition) is 1. The van der Waals surface area contributed by atoms with Crippen LogP contribution in [-0.4, -0.2) is 28.3 Å². The Balaban J connectivity index is 2.12. The molecule has 0 saturated heterocycles. The van der Waals surface area contributed by atoms with Gasteiger partial charge in [0.1, 0.15) is 4.21 Å². The predicted molar refractivity (Wildman–Crippen MR) is 86.4 cm³/mol. The quantitative estimate of drug-likeness (QED) is 0.620. The molecule has 0 aliphatic heterocycles. The van der Waals surface area contributed by atoms with Crippen molar-refractivity contribution in [2.75, 3.05) is 13.7 Å². The molecule has 0 spiro atoms. The molecule has 1 aromatic heterocycles. The fourth-order valence-electron chi connectivity index (χ4n) is 1.67. The van der Waals surface area contributed by atoms with Gasteiger partial charge in [0.15, 0.2) is 11.5 Å². The minimum Gasteiger partial charge on any atom is -0.493 e. The van der Waals surface area contributed by atoms with Crippen LogP contribution in [-0.2, 0) is 10.0 Å². The fraction of sp³-hybridized carbons (Fsp3) is 0.214. The monoisotopic (exact) mass is 340 g/mol. The van der Waals surface area contributed by atoms with E-state index in [1.165, 1.54) is 12.3 Å². The first-order valence-corrected chi connectivity index (χ1v) is 8.82. The highest BCUT2D eigenvalue weighted by atomic mass is 32.2. The van der Waals surface area contributed by atoms with Gasteiger partial charge in [-0.25, -0.2) is 0 Å². The van der Waals surface area contributed by atoms with Crippen molar-refractivity contribution in [2.24, 2.45) is 5.10 Å². The highest BCUT2D eigenvalue weighted by Crippen LogP contribution is 2.27. The van der Waals surface area contributed by atoms with E-state index in [0.29, 0.717) is 23.7 Å². The maximum atomic E-state index is 11.9. The van der Waals surface area contributed by atoms with Gasteiger partial charge in [0.2, 0.25) is 0 Å². The van der Waals surface area contributed by atoms with Crippen molar-refractivity contribution in [3.63, 3.8) is 0 Å². The fourth-order valence-corrected chi connectivity index (χ4v) is 3.45. The molecule has 1 heterocycles. The number of benzene rings is 1. The van der Waals surface area contributed by atoms with Crippen molar-refractivity contribution in [1.82, 2.24) is 4.83 Å². The highest BCUT2D eigenvalue weighted by molar-refractivity contribution is 7.91. The number of thiophene rings is 1. The molecular weight excluding hydrogens is 324 g/mol. The molecule has 0 amide bonds. The second-order valence-electron chi connectivity index (χ2n) is 4.13. The van der Waals surface area contributed by atoms with Gasteiger partial charge in [-0.2, -0.15) is 18.4 Å². The van der Waals surface area contributed by atoms with Crippen molar-refractivity contribution in [3.8, 4) is 11.5 Å². The number of rotatable bonds is 7. The summed E-state index contributed by atoms with van der Waals surface area (Å²) in [4.78, 5) is 2.17. The lowest BCUT2D eigenvalue weighted by atomic mass is 10.2. The zero-order valence-corrected chi connectivity index (χ0v) is 13.8. The Morgan fingerprint density at radius 1 is 1.32 bits per heavy atom. The van der Waals surface area contributed by atoms with Gasteiger partial charge in [0, 0.05) is 0 Å². The van der Waals surface area contributed by atoms with Gasteiger partial charge in [-0.3, -0.25) is 0 Å². The lowest BCUT2D eigenvalue weighted by Crippen LogP contribution is -2.17. The second-order valence-corrected chi connectivity index (χ2v) is 6.96. The van der Waals surface area contributed by atoms with Crippen molar-refractivity contribution >= 4 is 27.6 Å². The lowest BCUT2D eigenvalue weighted by Gasteiger charge is -2.09. The standard InChI is InChI=1S/C14H16N2O4S2/c1-3-20-13-9-11(6-7-12(13)19-2)10-15-16-22(17,18)14-5-4-8-21-14/h4-10,16H,3H2,1-2H3/b15-10+. The summed E-state index contributed by atoms with van der Waals surface area (Å²) in [6, 6.07) is 8.40. The number of hydrazone groups is 1. The van der Waals surface area contributed by atoms with Crippen molar-refractivity contribution in [3.05, 3.63) is 41.3 Å². The van der Waals surface area contributed by atoms with Gasteiger partial charge in [-0.1, -0.05) is 6.07 Å². The highest BCUT2D eigenvalue weighted by Gasteiger charge is 2.13. The van der Waals surface area contributed by atoms with Gasteiger partial charge in [0.05, 0.1) is 19.9 Å². The van der Waals surface area contributed by atoms with Crippen LogP contribution in [0.3, 0.4) is 0 Å². The van der Waals surface area contributed by atoms with E-state index in [1.54, 1.807) is 36.8 Å². The Labute approximate surface area is 133 Å². The molecule has 1 aromatic carbocycles. The molecule has 2 aromatic rings. The van der Waals surface area contributed by atoms with Crippen LogP contribution in [0.25, 0.3) is 0 Å². The first-order valence-electron chi connectivity index (χ1n) is 6.46. The number of methoxy groups -OCH3 is 1. The van der Waals surface area contributed by atoms with Crippen LogP contribution in [0.2, 0.25) is 0 Å². The molecule has 118 valence electrons. The van der Waals surface area contributed by atoms with E-state index in [0.717, 1.165) is 11.3 Å². The maximum Gasteiger partial charge on any atom is 0.286 e. The third kappa shape index (κ3) is 3.99. The number of nitrogens with one attached hydrogen (secondary N) is 1. The minimum absolute atomic E-state index is 0.217. The summed E-state index contributed by atoms with van der Waals surface area (Å²) in [5, 5.41) is 5.46. The third-order valence-electron chi connectivity index (χ3n) is 2.63. The van der Waals surface area contributed by atoms with Gasteiger partial charge < -0.3 is 9.47 Å². The Hall–Kier alpha value is -2.06. The molecule has 0 aliphatic rings. The van der Waals surface area contributed by atoms with E-state index < -0.39 is 10.0 Å². The van der Waals surface area contributed by atoms with Crippen LogP contribution in [0.4, 0.5) is 0 Å². The maximum absolute atomic E-state index is 11.9. The first kappa shape index (κ1) is 16.3. The average Bonchev–Trinajstić information content (AvgIpc) is 3.03. The van der Waals surface area contributed by atoms with E-state index in [4.69, 9.17) is 9.47 Å². The summed E-state index contributed by atoms with van der Waals surface area (Å²) < 4.78 is 34.6. The van der Waals surface area contributed by atoms with Crippen molar-refractivity contribution in [1.29, 1.82) is 0 Å². The molecule has 8 heteroatoms. The van der Waals surface area contributed by atoms with Gasteiger partial charge in [-0.15, -0.1) is 11.3 Å². The Morgan fingerprint density at radius 3 is 2.77 bits per heavy atom. The molecule has 0 fully saturated rings. The predicted octanol–water partition coefficient (Wildman–Crippen LogP) is 2.47. The molecule has 6 nitrogen and oxygen atoms in total. The molecule has 0 saturated carbocycles. The molecule has 0 bridgehead atoms. The summed E-state index contributed by atoms with van der Waals surface area (Å²) in [7, 11) is -2.05. The lowest BCUT2D eigenvalue weighted by molar-refractivity contribution is 0.311. The van der Waals surface area contributed by atoms with Crippen LogP contribution >= 0.6 is 11.3 Å². The van der Waals surface area contributed by atoms with Crippen LogP contribution in [0, 0.1) is 0 Å². The van der Waals surface area contributed by atoms with Crippen LogP contribution < -0.4 is 14.3 Å². The molecule has 0 aliphatic carbocycles. The van der Waals surface area contributed by atoms with E-state index >= 15 is 0 Å². The minimum atomic E-state index is -3.61. The Morgan fingerprint density at radius 2 is 2.14 bits per heavy atom. The smallest absolute Gasteiger partial charge is 0.286 e. The van der Waals surface area contributed by atoms with Gasteiger partial charge in [0.25, 0.3) is 10.0 Å². The summed E-state index contributed by atoms with van der Waals surface area (Å²) >= 11 is 1.13. The van der Waals surface area contributed by atoms with Crippen LogP contribution in [0.1, 0.15) is 12.5 Å². The summed E-state index contributed by atoms with van der Waals surface area (Å²) in [6.07, 6.45) is 1.41. The Bertz CT molecular complexity index is 740. The molecule has 22 heavy (non-hydrogen) atoms. The zero-order valence-electron chi connectivity index (χ0n) is 12.1. The van der Waals surface area contributed by atoms with Gasteiger partial charge in [-0.05, 0) is 42.1 Å². The molecule has 2 rings (SSSR count). The molecular formula is C14H16N2O4S2. The SMILES string of the molecule is CCOc1cc(/C=N/NS(=O)(=O)c2cccs2)ccc1OC. The topological polar surface area (TPSA) is 77.0 Å². The number of hydrogen-bond acceptors (Lipinski definition) is 6. The van der Waals surface area contributed by atoms with Crippen LogP contribution in [0.15, 0.2) is 45.0 Å². The molecule has 0 atom stereocenters. The zero-order chi connectivity index (χ0) is 16.0. The second kappa shape index (κ2) is 7.28. The van der Waals surface area contributed by atoms with Crippen molar-refractivity contribution in [2.45, 2.75) is 11.1 Å². The molecule has 0 radical (unpaired) electrons. The van der Waals surface area contributed by atoms with E-state index in [9.17, 15) is 8.42 Å². The third-order valence-corrected chi connectivity index (χ3v) is 5.25. The number of sulfonamides is 1. The van der Waals surface area contributed by atoms with Gasteiger partial charge >= 0.3 is 0 Å². The van der Waals surface area contributed by atoms with Crippen LogP contribution in [0.5, 0.6) is 11.5 Å². The molecule has 1 N–H and O–H groups in total. The van der Waals surface area contributed by atoms with E-state index in [1.807, 2.05) is 6.92 Å². The largest absolute Gasteiger partial charge is 0.493 e. The van der Waals surface area contributed by atoms with Crippen molar-refractivity contribution < 1.29 is 17.9 Å². The van der Waals surface area contributed by atoms with E-state index in [2.05, 4.69) is 9.93 Å².